The second kappa shape index (κ2) is 13.4. The smallest absolute Gasteiger partial charge is 0.227 e. The summed E-state index contributed by atoms with van der Waals surface area (Å²) in [6, 6.07) is 16.9. The SMILES string of the molecule is C=CCO/N=C(/CCN1CCC(N(CC)C(=O)Cc2ccc(S(C)(=O)=O)cc2)CC1)c1ccccc1. The van der Waals surface area contributed by atoms with Crippen LogP contribution in [-0.4, -0.2) is 74.9 Å². The molecule has 0 spiro atoms. The van der Waals surface area contributed by atoms with Crippen LogP contribution in [-0.2, 0) is 25.9 Å². The minimum Gasteiger partial charge on any atom is -0.391 e. The summed E-state index contributed by atoms with van der Waals surface area (Å²) in [6.07, 6.45) is 5.78. The van der Waals surface area contributed by atoms with E-state index >= 15 is 0 Å². The molecule has 194 valence electrons. The fraction of sp³-hybridized carbons (Fsp3) is 0.429. The summed E-state index contributed by atoms with van der Waals surface area (Å²) in [7, 11) is -3.24. The Morgan fingerprint density at radius 2 is 1.81 bits per heavy atom. The van der Waals surface area contributed by atoms with Crippen LogP contribution in [0.1, 0.15) is 37.3 Å². The monoisotopic (exact) mass is 511 g/mol. The Kier molecular flexibility index (Phi) is 10.3. The van der Waals surface area contributed by atoms with Gasteiger partial charge in [0.1, 0.15) is 6.61 Å². The fourth-order valence-corrected chi connectivity index (χ4v) is 5.16. The standard InChI is InChI=1S/C28H37N3O4S/c1-4-21-35-29-27(24-9-7-6-8-10-24)17-20-30-18-15-25(16-19-30)31(5-2)28(32)22-23-11-13-26(14-12-23)36(3,33)34/h4,6-14,25H,1,5,15-22H2,2-3H3/b29-27-. The summed E-state index contributed by atoms with van der Waals surface area (Å²) in [5.74, 6) is 0.0842. The lowest BCUT2D eigenvalue weighted by molar-refractivity contribution is -0.133. The van der Waals surface area contributed by atoms with Crippen molar-refractivity contribution in [2.24, 2.45) is 5.16 Å². The topological polar surface area (TPSA) is 79.3 Å². The maximum atomic E-state index is 13.1. The molecule has 0 radical (unpaired) electrons. The van der Waals surface area contributed by atoms with Crippen molar-refractivity contribution in [3.63, 3.8) is 0 Å². The van der Waals surface area contributed by atoms with Crippen LogP contribution < -0.4 is 0 Å². The molecule has 0 bridgehead atoms. The van der Waals surface area contributed by atoms with E-state index in [-0.39, 0.29) is 23.3 Å². The zero-order chi connectivity index (χ0) is 26.0. The third-order valence-electron chi connectivity index (χ3n) is 6.50. The van der Waals surface area contributed by atoms with Gasteiger partial charge in [-0.05, 0) is 43.0 Å². The molecule has 0 unspecified atom stereocenters. The predicted octanol–water partition coefficient (Wildman–Crippen LogP) is 3.94. The Morgan fingerprint density at radius 1 is 1.14 bits per heavy atom. The molecule has 0 aliphatic carbocycles. The number of likely N-dealkylation sites (N-methyl/N-ethyl adjacent to an activating group) is 1. The second-order valence-corrected chi connectivity index (χ2v) is 11.1. The first-order valence-electron chi connectivity index (χ1n) is 12.5. The largest absolute Gasteiger partial charge is 0.391 e. The Hall–Kier alpha value is -2.97. The summed E-state index contributed by atoms with van der Waals surface area (Å²) < 4.78 is 23.3. The highest BCUT2D eigenvalue weighted by atomic mass is 32.2. The molecule has 1 aliphatic heterocycles. The van der Waals surface area contributed by atoms with Crippen molar-refractivity contribution in [2.45, 2.75) is 43.5 Å². The van der Waals surface area contributed by atoms with Crippen LogP contribution in [0.3, 0.4) is 0 Å². The van der Waals surface area contributed by atoms with Crippen molar-refractivity contribution < 1.29 is 18.0 Å². The molecule has 1 aliphatic rings. The van der Waals surface area contributed by atoms with Gasteiger partial charge in [-0.1, -0.05) is 60.3 Å². The number of hydrogen-bond donors (Lipinski definition) is 0. The maximum absolute atomic E-state index is 13.1. The van der Waals surface area contributed by atoms with Crippen molar-refractivity contribution in [1.29, 1.82) is 0 Å². The average Bonchev–Trinajstić information content (AvgIpc) is 2.87. The van der Waals surface area contributed by atoms with E-state index in [9.17, 15) is 13.2 Å². The van der Waals surface area contributed by atoms with Crippen LogP contribution in [0.4, 0.5) is 0 Å². The molecule has 7 nitrogen and oxygen atoms in total. The van der Waals surface area contributed by atoms with Gasteiger partial charge in [-0.15, -0.1) is 0 Å². The van der Waals surface area contributed by atoms with Gasteiger partial charge in [0, 0.05) is 44.9 Å². The molecular formula is C28H37N3O4S. The number of sulfone groups is 1. The van der Waals surface area contributed by atoms with Gasteiger partial charge in [0.15, 0.2) is 9.84 Å². The number of benzene rings is 2. The lowest BCUT2D eigenvalue weighted by atomic mass is 10.0. The van der Waals surface area contributed by atoms with Crippen LogP contribution in [0.25, 0.3) is 0 Å². The second-order valence-electron chi connectivity index (χ2n) is 9.08. The number of carbonyl (C=O) groups excluding carboxylic acids is 1. The quantitative estimate of drug-likeness (QED) is 0.187. The summed E-state index contributed by atoms with van der Waals surface area (Å²) >= 11 is 0. The predicted molar refractivity (Wildman–Crippen MR) is 144 cm³/mol. The zero-order valence-electron chi connectivity index (χ0n) is 21.3. The number of likely N-dealkylation sites (tertiary alicyclic amines) is 1. The summed E-state index contributed by atoms with van der Waals surface area (Å²) in [5, 5.41) is 4.34. The Morgan fingerprint density at radius 3 is 2.39 bits per heavy atom. The highest BCUT2D eigenvalue weighted by Crippen LogP contribution is 2.19. The van der Waals surface area contributed by atoms with E-state index < -0.39 is 9.84 Å². The normalized spacial score (nSPS) is 15.4. The minimum atomic E-state index is -3.24. The van der Waals surface area contributed by atoms with Gasteiger partial charge in [-0.3, -0.25) is 4.79 Å². The summed E-state index contributed by atoms with van der Waals surface area (Å²) in [4.78, 5) is 23.1. The van der Waals surface area contributed by atoms with E-state index in [0.717, 1.165) is 55.7 Å². The molecule has 3 rings (SSSR count). The van der Waals surface area contributed by atoms with Gasteiger partial charge in [0.25, 0.3) is 0 Å². The molecule has 2 aromatic carbocycles. The van der Waals surface area contributed by atoms with Crippen molar-refractivity contribution in [3.05, 3.63) is 78.4 Å². The molecular weight excluding hydrogens is 474 g/mol. The summed E-state index contributed by atoms with van der Waals surface area (Å²) in [6.45, 7) is 9.46. The molecule has 0 N–H and O–H groups in total. The summed E-state index contributed by atoms with van der Waals surface area (Å²) in [5.41, 5.74) is 2.81. The fourth-order valence-electron chi connectivity index (χ4n) is 4.53. The van der Waals surface area contributed by atoms with Crippen LogP contribution in [0.15, 0.2) is 77.3 Å². The number of piperidine rings is 1. The van der Waals surface area contributed by atoms with Crippen LogP contribution >= 0.6 is 0 Å². The highest BCUT2D eigenvalue weighted by Gasteiger charge is 2.27. The first kappa shape index (κ1) is 27.6. The first-order chi connectivity index (χ1) is 17.3. The average molecular weight is 512 g/mol. The van der Waals surface area contributed by atoms with E-state index in [1.165, 1.54) is 6.26 Å². The van der Waals surface area contributed by atoms with E-state index in [1.807, 2.05) is 42.2 Å². The van der Waals surface area contributed by atoms with Crippen molar-refractivity contribution in [2.75, 3.05) is 39.0 Å². The molecule has 2 aromatic rings. The van der Waals surface area contributed by atoms with E-state index in [2.05, 4.69) is 16.6 Å². The molecule has 8 heteroatoms. The molecule has 36 heavy (non-hydrogen) atoms. The Labute approximate surface area is 215 Å². The maximum Gasteiger partial charge on any atom is 0.227 e. The van der Waals surface area contributed by atoms with Crippen LogP contribution in [0.5, 0.6) is 0 Å². The number of nitrogens with zero attached hydrogens (tertiary/aromatic N) is 3. The van der Waals surface area contributed by atoms with Gasteiger partial charge in [-0.2, -0.15) is 0 Å². The van der Waals surface area contributed by atoms with Gasteiger partial charge in [-0.25, -0.2) is 8.42 Å². The first-order valence-corrected chi connectivity index (χ1v) is 14.4. The third-order valence-corrected chi connectivity index (χ3v) is 7.63. The molecule has 1 saturated heterocycles. The lowest BCUT2D eigenvalue weighted by Gasteiger charge is -2.38. The van der Waals surface area contributed by atoms with Crippen molar-refractivity contribution >= 4 is 21.5 Å². The molecule has 0 atom stereocenters. The van der Waals surface area contributed by atoms with Gasteiger partial charge in [0.2, 0.25) is 5.91 Å². The van der Waals surface area contributed by atoms with Crippen LogP contribution in [0, 0.1) is 0 Å². The number of rotatable bonds is 12. The van der Waals surface area contributed by atoms with E-state index in [0.29, 0.717) is 13.2 Å². The van der Waals surface area contributed by atoms with Crippen LogP contribution in [0.2, 0.25) is 0 Å². The van der Waals surface area contributed by atoms with Gasteiger partial charge >= 0.3 is 0 Å². The van der Waals surface area contributed by atoms with Crippen molar-refractivity contribution in [3.8, 4) is 0 Å². The van der Waals surface area contributed by atoms with Crippen molar-refractivity contribution in [1.82, 2.24) is 9.80 Å². The number of hydrogen-bond acceptors (Lipinski definition) is 6. The third kappa shape index (κ3) is 8.03. The number of amides is 1. The molecule has 1 fully saturated rings. The van der Waals surface area contributed by atoms with Gasteiger partial charge < -0.3 is 14.6 Å². The molecule has 0 aromatic heterocycles. The lowest BCUT2D eigenvalue weighted by Crippen LogP contribution is -2.48. The Bertz CT molecular complexity index is 1120. The molecule has 1 amide bonds. The molecule has 1 heterocycles. The minimum absolute atomic E-state index is 0.0842. The highest BCUT2D eigenvalue weighted by molar-refractivity contribution is 7.90. The Balaban J connectivity index is 1.52. The number of carbonyl (C=O) groups is 1. The number of oxime groups is 1. The van der Waals surface area contributed by atoms with E-state index in [4.69, 9.17) is 4.84 Å². The zero-order valence-corrected chi connectivity index (χ0v) is 22.1. The molecule has 0 saturated carbocycles. The van der Waals surface area contributed by atoms with Gasteiger partial charge in [0.05, 0.1) is 17.0 Å². The van der Waals surface area contributed by atoms with E-state index in [1.54, 1.807) is 30.3 Å².